The minimum atomic E-state index is -0.659. The molecule has 4 rings (SSSR count). The van der Waals surface area contributed by atoms with Crippen LogP contribution in [0.5, 0.6) is 0 Å². The number of carbonyl (C=O) groups excluding carboxylic acids is 3. The van der Waals surface area contributed by atoms with Gasteiger partial charge in [0.15, 0.2) is 0 Å². The van der Waals surface area contributed by atoms with Crippen molar-refractivity contribution in [3.8, 4) is 0 Å². The summed E-state index contributed by atoms with van der Waals surface area (Å²) in [7, 11) is 0. The van der Waals surface area contributed by atoms with Crippen LogP contribution in [-0.4, -0.2) is 94.5 Å². The van der Waals surface area contributed by atoms with Crippen molar-refractivity contribution < 1.29 is 19.5 Å². The number of benzene rings is 1. The minimum absolute atomic E-state index is 0.0162. The van der Waals surface area contributed by atoms with Crippen LogP contribution in [0.15, 0.2) is 49.6 Å². The maximum atomic E-state index is 14.8. The zero-order valence-corrected chi connectivity index (χ0v) is 27.1. The topological polar surface area (TPSA) is 84.4 Å². The fourth-order valence-electron chi connectivity index (χ4n) is 7.48. The Morgan fingerprint density at radius 3 is 2.30 bits per heavy atom. The van der Waals surface area contributed by atoms with E-state index in [2.05, 4.69) is 31.9 Å². The first-order chi connectivity index (χ1) is 20.8. The Labute approximate surface area is 262 Å². The summed E-state index contributed by atoms with van der Waals surface area (Å²) in [6.45, 7) is 17.8. The van der Waals surface area contributed by atoms with Gasteiger partial charge >= 0.3 is 0 Å². The number of unbranched alkanes of at least 4 members (excludes halogenated alkanes) is 2. The lowest BCUT2D eigenvalue weighted by molar-refractivity contribution is -0.143. The molecule has 0 aliphatic carbocycles. The quantitative estimate of drug-likeness (QED) is 0.203. The fraction of sp³-hybridized carbons (Fsp3) is 0.618. The van der Waals surface area contributed by atoms with E-state index in [0.29, 0.717) is 39.0 Å². The molecule has 8 nitrogen and oxygen atoms in total. The number of fused-ring (bicyclic) bond motifs is 1. The van der Waals surface area contributed by atoms with E-state index >= 15 is 0 Å². The summed E-state index contributed by atoms with van der Waals surface area (Å²) in [4.78, 5) is 50.8. The van der Waals surface area contributed by atoms with E-state index in [9.17, 15) is 19.5 Å². The average molecular weight is 611 g/mol. The third kappa shape index (κ3) is 6.25. The number of rotatable bonds is 17. The number of aliphatic hydroxyl groups excluding tert-OH is 1. The summed E-state index contributed by atoms with van der Waals surface area (Å²) in [5.41, 5.74) is 1.88. The Morgan fingerprint density at radius 1 is 1.02 bits per heavy atom. The van der Waals surface area contributed by atoms with Crippen LogP contribution in [0, 0.1) is 11.8 Å². The summed E-state index contributed by atoms with van der Waals surface area (Å²) in [5.74, 6) is -1.11. The number of aliphatic hydroxyl groups is 1. The first-order valence-corrected chi connectivity index (χ1v) is 17.0. The molecule has 3 aliphatic rings. The number of thioether (sulfide) groups is 1. The van der Waals surface area contributed by atoms with Crippen LogP contribution in [0.1, 0.15) is 59.3 Å². The Balaban J connectivity index is 1.71. The molecular formula is C34H50N4O4S. The molecule has 3 amide bonds. The van der Waals surface area contributed by atoms with Crippen LogP contribution < -0.4 is 9.80 Å². The normalized spacial score (nSPS) is 25.5. The van der Waals surface area contributed by atoms with Crippen molar-refractivity contribution in [2.75, 3.05) is 55.7 Å². The monoisotopic (exact) mass is 610 g/mol. The molecule has 0 saturated carbocycles. The molecule has 1 aromatic carbocycles. The summed E-state index contributed by atoms with van der Waals surface area (Å²) in [6.07, 6.45) is 7.99. The van der Waals surface area contributed by atoms with Gasteiger partial charge in [0.25, 0.3) is 5.91 Å². The van der Waals surface area contributed by atoms with Crippen molar-refractivity contribution in [2.24, 2.45) is 11.8 Å². The van der Waals surface area contributed by atoms with E-state index in [0.717, 1.165) is 50.1 Å². The van der Waals surface area contributed by atoms with Gasteiger partial charge in [0.05, 0.1) is 16.6 Å². The molecule has 236 valence electrons. The van der Waals surface area contributed by atoms with E-state index < -0.39 is 22.6 Å². The van der Waals surface area contributed by atoms with Crippen molar-refractivity contribution in [2.45, 2.75) is 75.3 Å². The molecule has 43 heavy (non-hydrogen) atoms. The number of hydrogen-bond acceptors (Lipinski definition) is 6. The van der Waals surface area contributed by atoms with E-state index in [1.165, 1.54) is 0 Å². The average Bonchev–Trinajstić information content (AvgIpc) is 3.66. The lowest BCUT2D eigenvalue weighted by atomic mass is 9.70. The van der Waals surface area contributed by atoms with Crippen molar-refractivity contribution in [3.63, 3.8) is 0 Å². The Bertz CT molecular complexity index is 1160. The lowest BCUT2D eigenvalue weighted by Gasteiger charge is -2.37. The standard InChI is InChI=1S/C34H50N4O4S/c1-6-20-36(21-7-2)31(40)28-27-18-19-34(43-27)29(28)32(41)38(23-12-11-13-24-39)30(34)33(42)37(22-8-3)26-16-14-25(15-17-26)35(9-4)10-5/h6,8,14-17,27-30,39H,1,3,7,9-13,18-24H2,2,4-5H3/t27-,28+,29+,30?,34?/m1/s1. The highest BCUT2D eigenvalue weighted by Crippen LogP contribution is 2.66. The Morgan fingerprint density at radius 2 is 1.70 bits per heavy atom. The molecule has 1 N–H and O–H groups in total. The first kappa shape index (κ1) is 33.1. The summed E-state index contributed by atoms with van der Waals surface area (Å²) in [6, 6.07) is 7.40. The van der Waals surface area contributed by atoms with E-state index in [-0.39, 0.29) is 29.6 Å². The molecule has 3 heterocycles. The lowest BCUT2D eigenvalue weighted by Crippen LogP contribution is -2.55. The third-order valence-corrected chi connectivity index (χ3v) is 11.4. The van der Waals surface area contributed by atoms with Crippen LogP contribution >= 0.6 is 11.8 Å². The van der Waals surface area contributed by atoms with Gasteiger partial charge in [-0.25, -0.2) is 0 Å². The fourth-order valence-corrected chi connectivity index (χ4v) is 9.69. The highest BCUT2D eigenvalue weighted by Gasteiger charge is 2.74. The Hall–Kier alpha value is -2.78. The molecule has 3 saturated heterocycles. The molecule has 9 heteroatoms. The molecule has 1 aromatic rings. The van der Waals surface area contributed by atoms with Gasteiger partial charge < -0.3 is 24.7 Å². The number of likely N-dealkylation sites (tertiary alicyclic amines) is 1. The predicted molar refractivity (Wildman–Crippen MR) is 176 cm³/mol. The summed E-state index contributed by atoms with van der Waals surface area (Å²) < 4.78 is -0.636. The summed E-state index contributed by atoms with van der Waals surface area (Å²) >= 11 is 1.71. The van der Waals surface area contributed by atoms with Gasteiger partial charge in [0, 0.05) is 62.5 Å². The number of carbonyl (C=O) groups is 3. The molecule has 3 fully saturated rings. The highest BCUT2D eigenvalue weighted by atomic mass is 32.2. The molecule has 2 bridgehead atoms. The van der Waals surface area contributed by atoms with Crippen LogP contribution in [0.3, 0.4) is 0 Å². The number of anilines is 2. The van der Waals surface area contributed by atoms with Crippen molar-refractivity contribution in [1.29, 1.82) is 0 Å². The molecule has 3 aliphatic heterocycles. The predicted octanol–water partition coefficient (Wildman–Crippen LogP) is 4.73. The zero-order chi connectivity index (χ0) is 31.1. The van der Waals surface area contributed by atoms with Gasteiger partial charge in [0.1, 0.15) is 6.04 Å². The van der Waals surface area contributed by atoms with Gasteiger partial charge in [-0.3, -0.25) is 14.4 Å². The van der Waals surface area contributed by atoms with E-state index in [4.69, 9.17) is 0 Å². The maximum absolute atomic E-state index is 14.8. The number of hydrogen-bond donors (Lipinski definition) is 1. The van der Waals surface area contributed by atoms with Crippen LogP contribution in [-0.2, 0) is 14.4 Å². The zero-order valence-electron chi connectivity index (χ0n) is 26.2. The third-order valence-electron chi connectivity index (χ3n) is 9.40. The molecule has 0 radical (unpaired) electrons. The van der Waals surface area contributed by atoms with Crippen molar-refractivity contribution >= 4 is 40.9 Å². The highest BCUT2D eigenvalue weighted by molar-refractivity contribution is 8.02. The van der Waals surface area contributed by atoms with Crippen molar-refractivity contribution in [3.05, 3.63) is 49.6 Å². The summed E-state index contributed by atoms with van der Waals surface area (Å²) in [5, 5.41) is 9.37. The molecular weight excluding hydrogens is 560 g/mol. The number of nitrogens with zero attached hydrogens (tertiary/aromatic N) is 4. The van der Waals surface area contributed by atoms with Gasteiger partial charge in [-0.2, -0.15) is 0 Å². The number of amides is 3. The second-order valence-electron chi connectivity index (χ2n) is 11.9. The minimum Gasteiger partial charge on any atom is -0.396 e. The molecule has 2 unspecified atom stereocenters. The largest absolute Gasteiger partial charge is 0.396 e. The van der Waals surface area contributed by atoms with E-state index in [1.807, 2.05) is 36.1 Å². The van der Waals surface area contributed by atoms with Gasteiger partial charge in [-0.1, -0.05) is 19.1 Å². The van der Waals surface area contributed by atoms with Crippen LogP contribution in [0.2, 0.25) is 0 Å². The van der Waals surface area contributed by atoms with Crippen LogP contribution in [0.25, 0.3) is 0 Å². The van der Waals surface area contributed by atoms with E-state index in [1.54, 1.807) is 33.7 Å². The maximum Gasteiger partial charge on any atom is 0.251 e. The second-order valence-corrected chi connectivity index (χ2v) is 13.5. The van der Waals surface area contributed by atoms with Gasteiger partial charge in [-0.05, 0) is 76.6 Å². The smallest absolute Gasteiger partial charge is 0.251 e. The van der Waals surface area contributed by atoms with Crippen LogP contribution in [0.4, 0.5) is 11.4 Å². The van der Waals surface area contributed by atoms with Gasteiger partial charge in [0.2, 0.25) is 11.8 Å². The molecule has 5 atom stereocenters. The molecule has 1 spiro atoms. The van der Waals surface area contributed by atoms with Crippen molar-refractivity contribution in [1.82, 2.24) is 9.80 Å². The van der Waals surface area contributed by atoms with Gasteiger partial charge in [-0.15, -0.1) is 24.9 Å². The first-order valence-electron chi connectivity index (χ1n) is 16.1. The Kier molecular flexibility index (Phi) is 11.4. The molecule has 0 aromatic heterocycles. The second kappa shape index (κ2) is 14.8. The SMILES string of the molecule is C=CCN(CCC)C(=O)[C@@H]1[C@H]2C(=O)N(CCCCCO)C(C(=O)N(CC=C)c3ccc(N(CC)CC)cc3)C23CC[C@H]1S3.